The molecule has 0 saturated carbocycles. The molecule has 96 valence electrons. The third-order valence-electron chi connectivity index (χ3n) is 2.77. The van der Waals surface area contributed by atoms with Crippen molar-refractivity contribution in [1.82, 2.24) is 0 Å². The molecule has 0 radical (unpaired) electrons. The number of hydrogen-bond donors (Lipinski definition) is 1. The third-order valence-corrected chi connectivity index (χ3v) is 2.77. The maximum atomic E-state index is 13.4. The van der Waals surface area contributed by atoms with Crippen LogP contribution >= 0.6 is 0 Å². The van der Waals surface area contributed by atoms with E-state index in [1.54, 1.807) is 30.3 Å². The molecule has 0 aromatic heterocycles. The molecule has 2 aromatic rings. The second-order valence-corrected chi connectivity index (χ2v) is 4.07. The fourth-order valence-electron chi connectivity index (χ4n) is 1.76. The maximum absolute atomic E-state index is 13.4. The van der Waals surface area contributed by atoms with Crippen LogP contribution in [0, 0.1) is 23.0 Å². The minimum Gasteiger partial charge on any atom is -0.385 e. The van der Waals surface area contributed by atoms with Crippen molar-refractivity contribution < 1.29 is 8.78 Å². The standard InChI is InChI=1S/C15H12F2N2/c16-14-4-2-1-3-11(14)7-8-19-13-6-5-12(10-18)15(17)9-13/h1-6,9,19H,7-8H2. The molecule has 0 spiro atoms. The zero-order valence-electron chi connectivity index (χ0n) is 10.2. The zero-order chi connectivity index (χ0) is 13.7. The van der Waals surface area contributed by atoms with Gasteiger partial charge in [0.25, 0.3) is 0 Å². The Morgan fingerprint density at radius 2 is 1.84 bits per heavy atom. The summed E-state index contributed by atoms with van der Waals surface area (Å²) < 4.78 is 26.7. The molecular weight excluding hydrogens is 246 g/mol. The molecule has 2 nitrogen and oxygen atoms in total. The van der Waals surface area contributed by atoms with E-state index in [1.807, 2.05) is 0 Å². The van der Waals surface area contributed by atoms with Gasteiger partial charge in [0.05, 0.1) is 5.56 Å². The molecular formula is C15H12F2N2. The summed E-state index contributed by atoms with van der Waals surface area (Å²) in [4.78, 5) is 0. The summed E-state index contributed by atoms with van der Waals surface area (Å²) in [7, 11) is 0. The van der Waals surface area contributed by atoms with Crippen LogP contribution in [0.5, 0.6) is 0 Å². The quantitative estimate of drug-likeness (QED) is 0.911. The van der Waals surface area contributed by atoms with Crippen LogP contribution < -0.4 is 5.32 Å². The average molecular weight is 258 g/mol. The van der Waals surface area contributed by atoms with E-state index in [1.165, 1.54) is 18.2 Å². The number of rotatable bonds is 4. The van der Waals surface area contributed by atoms with Crippen molar-refractivity contribution in [2.75, 3.05) is 11.9 Å². The predicted molar refractivity (Wildman–Crippen MR) is 69.7 cm³/mol. The molecule has 0 heterocycles. The molecule has 0 aliphatic carbocycles. The number of nitriles is 1. The first-order chi connectivity index (χ1) is 9.20. The van der Waals surface area contributed by atoms with E-state index in [0.717, 1.165) is 0 Å². The lowest BCUT2D eigenvalue weighted by Crippen LogP contribution is -2.06. The lowest BCUT2D eigenvalue weighted by molar-refractivity contribution is 0.610. The van der Waals surface area contributed by atoms with Crippen molar-refractivity contribution in [2.45, 2.75) is 6.42 Å². The first-order valence-corrected chi connectivity index (χ1v) is 5.87. The first kappa shape index (κ1) is 13.0. The van der Waals surface area contributed by atoms with Gasteiger partial charge in [-0.1, -0.05) is 18.2 Å². The van der Waals surface area contributed by atoms with Crippen LogP contribution in [0.25, 0.3) is 0 Å². The molecule has 0 fully saturated rings. The second kappa shape index (κ2) is 5.96. The smallest absolute Gasteiger partial charge is 0.143 e. The Balaban J connectivity index is 1.95. The molecule has 0 saturated heterocycles. The summed E-state index contributed by atoms with van der Waals surface area (Å²) in [5.41, 5.74) is 1.21. The predicted octanol–water partition coefficient (Wildman–Crippen LogP) is 3.49. The first-order valence-electron chi connectivity index (χ1n) is 5.87. The molecule has 2 rings (SSSR count). The Kier molecular flexibility index (Phi) is 4.09. The van der Waals surface area contributed by atoms with Gasteiger partial charge in [0, 0.05) is 12.2 Å². The Labute approximate surface area is 110 Å². The number of hydrogen-bond acceptors (Lipinski definition) is 2. The summed E-state index contributed by atoms with van der Waals surface area (Å²) in [5.74, 6) is -0.797. The van der Waals surface area contributed by atoms with Gasteiger partial charge >= 0.3 is 0 Å². The van der Waals surface area contributed by atoms with Crippen molar-refractivity contribution in [1.29, 1.82) is 5.26 Å². The monoisotopic (exact) mass is 258 g/mol. The third kappa shape index (κ3) is 3.29. The number of anilines is 1. The zero-order valence-corrected chi connectivity index (χ0v) is 10.2. The topological polar surface area (TPSA) is 35.8 Å². The van der Waals surface area contributed by atoms with Gasteiger partial charge in [-0.15, -0.1) is 0 Å². The normalized spacial score (nSPS) is 9.95. The molecule has 1 N–H and O–H groups in total. The molecule has 2 aromatic carbocycles. The van der Waals surface area contributed by atoms with Crippen molar-refractivity contribution in [3.63, 3.8) is 0 Å². The van der Waals surface area contributed by atoms with Crippen molar-refractivity contribution >= 4 is 5.69 Å². The van der Waals surface area contributed by atoms with Crippen LogP contribution in [0.15, 0.2) is 42.5 Å². The van der Waals surface area contributed by atoms with Crippen LogP contribution in [0.1, 0.15) is 11.1 Å². The maximum Gasteiger partial charge on any atom is 0.143 e. The van der Waals surface area contributed by atoms with Gasteiger partial charge in [-0.25, -0.2) is 8.78 Å². The molecule has 0 aliphatic rings. The van der Waals surface area contributed by atoms with Gasteiger partial charge in [0.2, 0.25) is 0 Å². The SMILES string of the molecule is N#Cc1ccc(NCCc2ccccc2F)cc1F. The highest BCUT2D eigenvalue weighted by molar-refractivity contribution is 5.48. The van der Waals surface area contributed by atoms with E-state index in [4.69, 9.17) is 5.26 Å². The van der Waals surface area contributed by atoms with E-state index >= 15 is 0 Å². The molecule has 0 amide bonds. The lowest BCUT2D eigenvalue weighted by Gasteiger charge is -2.07. The van der Waals surface area contributed by atoms with E-state index in [0.29, 0.717) is 24.2 Å². The summed E-state index contributed by atoms with van der Waals surface area (Å²) in [6, 6.07) is 12.6. The fraction of sp³-hybridized carbons (Fsp3) is 0.133. The molecule has 19 heavy (non-hydrogen) atoms. The second-order valence-electron chi connectivity index (χ2n) is 4.07. The molecule has 0 atom stereocenters. The molecule has 0 unspecified atom stereocenters. The number of nitrogens with zero attached hydrogens (tertiary/aromatic N) is 1. The van der Waals surface area contributed by atoms with Gasteiger partial charge in [-0.2, -0.15) is 5.26 Å². The Bertz CT molecular complexity index is 618. The molecule has 0 bridgehead atoms. The highest BCUT2D eigenvalue weighted by Crippen LogP contribution is 2.14. The number of halogens is 2. The Morgan fingerprint density at radius 3 is 2.53 bits per heavy atom. The van der Waals surface area contributed by atoms with Gasteiger partial charge in [0.15, 0.2) is 0 Å². The minimum atomic E-state index is -0.557. The summed E-state index contributed by atoms with van der Waals surface area (Å²) >= 11 is 0. The fourth-order valence-corrected chi connectivity index (χ4v) is 1.76. The van der Waals surface area contributed by atoms with E-state index in [-0.39, 0.29) is 11.4 Å². The Hall–Kier alpha value is -2.41. The van der Waals surface area contributed by atoms with E-state index in [9.17, 15) is 8.78 Å². The van der Waals surface area contributed by atoms with Crippen LogP contribution in [0.2, 0.25) is 0 Å². The van der Waals surface area contributed by atoms with Crippen molar-refractivity contribution in [2.24, 2.45) is 0 Å². The van der Waals surface area contributed by atoms with Gasteiger partial charge in [-0.05, 0) is 36.2 Å². The van der Waals surface area contributed by atoms with Crippen LogP contribution in [0.3, 0.4) is 0 Å². The molecule has 4 heteroatoms. The number of nitrogens with one attached hydrogen (secondary N) is 1. The van der Waals surface area contributed by atoms with E-state index < -0.39 is 5.82 Å². The van der Waals surface area contributed by atoms with Crippen LogP contribution in [-0.4, -0.2) is 6.54 Å². The highest BCUT2D eigenvalue weighted by Gasteiger charge is 2.03. The average Bonchev–Trinajstić information content (AvgIpc) is 2.41. The summed E-state index contributed by atoms with van der Waals surface area (Å²) in [6.07, 6.45) is 0.508. The van der Waals surface area contributed by atoms with Crippen LogP contribution in [0.4, 0.5) is 14.5 Å². The highest BCUT2D eigenvalue weighted by atomic mass is 19.1. The van der Waals surface area contributed by atoms with Gasteiger partial charge in [-0.3, -0.25) is 0 Å². The minimum absolute atomic E-state index is 0.0136. The Morgan fingerprint density at radius 1 is 1.05 bits per heavy atom. The largest absolute Gasteiger partial charge is 0.385 e. The summed E-state index contributed by atoms with van der Waals surface area (Å²) in [5, 5.41) is 11.6. The van der Waals surface area contributed by atoms with E-state index in [2.05, 4.69) is 5.32 Å². The van der Waals surface area contributed by atoms with Gasteiger partial charge < -0.3 is 5.32 Å². The van der Waals surface area contributed by atoms with Gasteiger partial charge in [0.1, 0.15) is 17.7 Å². The van der Waals surface area contributed by atoms with Crippen molar-refractivity contribution in [3.8, 4) is 6.07 Å². The van der Waals surface area contributed by atoms with Crippen molar-refractivity contribution in [3.05, 3.63) is 65.2 Å². The van der Waals surface area contributed by atoms with Crippen LogP contribution in [-0.2, 0) is 6.42 Å². The molecule has 0 aliphatic heterocycles. The lowest BCUT2D eigenvalue weighted by atomic mass is 10.1. The summed E-state index contributed by atoms with van der Waals surface area (Å²) in [6.45, 7) is 0.492. The number of benzene rings is 2.